The van der Waals surface area contributed by atoms with E-state index in [0.717, 1.165) is 21.4 Å². The highest BCUT2D eigenvalue weighted by molar-refractivity contribution is 7.45. The Labute approximate surface area is 157 Å². The summed E-state index contributed by atoms with van der Waals surface area (Å²) in [6.45, 7) is 1.91. The number of hydrogen-bond donors (Lipinski definition) is 2. The standard InChI is InChI=1S/C18H19N4O2PS/c1-11-4-3-5-12(8-11)15-17(25)26-18(21-15)20-14(23)9-19-16(24)13-6-7-22(2)10-13/h3-8,10H,9,25H2,1-2H3,(H,19,24)(H,20,21,23). The van der Waals surface area contributed by atoms with E-state index in [2.05, 4.69) is 24.9 Å². The van der Waals surface area contributed by atoms with Crippen LogP contribution in [0, 0.1) is 6.92 Å². The smallest absolute Gasteiger partial charge is 0.253 e. The van der Waals surface area contributed by atoms with Gasteiger partial charge in [0.2, 0.25) is 5.91 Å². The second kappa shape index (κ2) is 7.81. The molecule has 2 amide bonds. The maximum atomic E-state index is 12.1. The molecule has 2 aromatic heterocycles. The van der Waals surface area contributed by atoms with Gasteiger partial charge in [-0.1, -0.05) is 44.3 Å². The van der Waals surface area contributed by atoms with E-state index in [1.54, 1.807) is 23.0 Å². The van der Waals surface area contributed by atoms with Gasteiger partial charge in [0.05, 0.1) is 22.4 Å². The first-order chi connectivity index (χ1) is 12.4. The Bertz CT molecular complexity index is 964. The minimum atomic E-state index is -0.316. The van der Waals surface area contributed by atoms with Gasteiger partial charge >= 0.3 is 0 Å². The van der Waals surface area contributed by atoms with E-state index in [9.17, 15) is 9.59 Å². The maximum absolute atomic E-state index is 12.1. The van der Waals surface area contributed by atoms with Crippen LogP contribution in [0.25, 0.3) is 11.3 Å². The third-order valence-corrected chi connectivity index (χ3v) is 5.12. The molecule has 0 spiro atoms. The lowest BCUT2D eigenvalue weighted by molar-refractivity contribution is -0.115. The second-order valence-corrected chi connectivity index (χ2v) is 7.92. The Hall–Kier alpha value is -2.50. The van der Waals surface area contributed by atoms with Crippen molar-refractivity contribution in [2.45, 2.75) is 6.92 Å². The SMILES string of the molecule is Cc1cccc(-c2nc(NC(=O)CNC(=O)c3ccn(C)c3)sc2P)c1. The van der Waals surface area contributed by atoms with Crippen LogP contribution in [0.3, 0.4) is 0 Å². The number of benzene rings is 1. The number of thiazole rings is 1. The summed E-state index contributed by atoms with van der Waals surface area (Å²) in [5.74, 6) is -0.601. The van der Waals surface area contributed by atoms with Gasteiger partial charge < -0.3 is 15.2 Å². The molecule has 6 nitrogen and oxygen atoms in total. The summed E-state index contributed by atoms with van der Waals surface area (Å²) < 4.78 is 2.72. The lowest BCUT2D eigenvalue weighted by Gasteiger charge is -2.04. The average Bonchev–Trinajstić information content (AvgIpc) is 3.18. The van der Waals surface area contributed by atoms with E-state index in [-0.39, 0.29) is 18.4 Å². The highest BCUT2D eigenvalue weighted by Crippen LogP contribution is 2.25. The number of amides is 2. The van der Waals surface area contributed by atoms with Crippen molar-refractivity contribution in [2.24, 2.45) is 7.05 Å². The highest BCUT2D eigenvalue weighted by atomic mass is 32.1. The molecule has 0 radical (unpaired) electrons. The lowest BCUT2D eigenvalue weighted by atomic mass is 10.1. The molecule has 0 aliphatic carbocycles. The molecule has 26 heavy (non-hydrogen) atoms. The summed E-state index contributed by atoms with van der Waals surface area (Å²) >= 11 is 1.38. The number of hydrogen-bond acceptors (Lipinski definition) is 4. The first kappa shape index (κ1) is 18.3. The van der Waals surface area contributed by atoms with Gasteiger partial charge in [-0.2, -0.15) is 0 Å². The molecule has 0 bridgehead atoms. The van der Waals surface area contributed by atoms with Crippen LogP contribution in [0.4, 0.5) is 5.13 Å². The largest absolute Gasteiger partial charge is 0.356 e. The van der Waals surface area contributed by atoms with Crippen LogP contribution < -0.4 is 15.3 Å². The predicted molar refractivity (Wildman–Crippen MR) is 108 cm³/mol. The molecular formula is C18H19N4O2PS. The summed E-state index contributed by atoms with van der Waals surface area (Å²) in [5.41, 5.74) is 3.49. The van der Waals surface area contributed by atoms with Gasteiger partial charge in [0.1, 0.15) is 0 Å². The van der Waals surface area contributed by atoms with Crippen LogP contribution >= 0.6 is 20.6 Å². The van der Waals surface area contributed by atoms with E-state index in [1.165, 1.54) is 11.3 Å². The molecule has 1 aromatic carbocycles. The summed E-state index contributed by atoms with van der Waals surface area (Å²) in [6.07, 6.45) is 3.47. The van der Waals surface area contributed by atoms with E-state index < -0.39 is 0 Å². The van der Waals surface area contributed by atoms with Crippen molar-refractivity contribution in [3.63, 3.8) is 0 Å². The molecule has 0 saturated heterocycles. The number of aryl methyl sites for hydroxylation is 2. The zero-order valence-electron chi connectivity index (χ0n) is 14.4. The summed E-state index contributed by atoms with van der Waals surface area (Å²) in [7, 11) is 4.48. The maximum Gasteiger partial charge on any atom is 0.253 e. The van der Waals surface area contributed by atoms with Crippen molar-refractivity contribution >= 4 is 42.1 Å². The van der Waals surface area contributed by atoms with Gasteiger partial charge in [-0.05, 0) is 19.1 Å². The van der Waals surface area contributed by atoms with Gasteiger partial charge in [-0.3, -0.25) is 9.59 Å². The predicted octanol–water partition coefficient (Wildman–Crippen LogP) is 2.33. The molecule has 0 fully saturated rings. The highest BCUT2D eigenvalue weighted by Gasteiger charge is 2.13. The van der Waals surface area contributed by atoms with Crippen molar-refractivity contribution < 1.29 is 9.59 Å². The quantitative estimate of drug-likeness (QED) is 0.661. The Morgan fingerprint density at radius 3 is 2.81 bits per heavy atom. The minimum absolute atomic E-state index is 0.112. The molecular weight excluding hydrogens is 367 g/mol. The van der Waals surface area contributed by atoms with E-state index in [1.807, 2.05) is 38.2 Å². The third-order valence-electron chi connectivity index (χ3n) is 3.69. The molecule has 8 heteroatoms. The topological polar surface area (TPSA) is 76.0 Å². The van der Waals surface area contributed by atoms with Crippen molar-refractivity contribution in [1.82, 2.24) is 14.9 Å². The summed E-state index contributed by atoms with van der Waals surface area (Å²) in [6, 6.07) is 9.74. The fraction of sp³-hybridized carbons (Fsp3) is 0.167. The van der Waals surface area contributed by atoms with E-state index >= 15 is 0 Å². The molecule has 3 rings (SSSR count). The van der Waals surface area contributed by atoms with Gasteiger partial charge in [0.25, 0.3) is 5.91 Å². The van der Waals surface area contributed by atoms with Gasteiger partial charge in [-0.15, -0.1) is 0 Å². The Morgan fingerprint density at radius 1 is 1.31 bits per heavy atom. The molecule has 134 valence electrons. The third kappa shape index (κ3) is 4.36. The Morgan fingerprint density at radius 2 is 2.12 bits per heavy atom. The summed E-state index contributed by atoms with van der Waals surface area (Å²) in [4.78, 5) is 28.6. The first-order valence-electron chi connectivity index (χ1n) is 7.96. The van der Waals surface area contributed by atoms with Crippen LogP contribution in [0.5, 0.6) is 0 Å². The Kier molecular flexibility index (Phi) is 5.49. The number of carbonyl (C=O) groups excluding carboxylic acids is 2. The Balaban J connectivity index is 1.61. The van der Waals surface area contributed by atoms with Gasteiger partial charge in [-0.25, -0.2) is 4.98 Å². The van der Waals surface area contributed by atoms with Gasteiger partial charge in [0.15, 0.2) is 5.13 Å². The molecule has 1 atom stereocenters. The van der Waals surface area contributed by atoms with Gasteiger partial charge in [0, 0.05) is 25.0 Å². The molecule has 0 aliphatic rings. The van der Waals surface area contributed by atoms with E-state index in [4.69, 9.17) is 0 Å². The van der Waals surface area contributed by atoms with Crippen LogP contribution in [0.15, 0.2) is 42.7 Å². The number of carbonyl (C=O) groups is 2. The normalized spacial score (nSPS) is 10.6. The van der Waals surface area contributed by atoms with Crippen molar-refractivity contribution in [3.8, 4) is 11.3 Å². The average molecular weight is 386 g/mol. The van der Waals surface area contributed by atoms with Crippen LogP contribution in [-0.2, 0) is 11.8 Å². The van der Waals surface area contributed by atoms with Crippen LogP contribution in [0.1, 0.15) is 15.9 Å². The first-order valence-corrected chi connectivity index (χ1v) is 9.35. The van der Waals surface area contributed by atoms with Crippen LogP contribution in [-0.4, -0.2) is 27.9 Å². The van der Waals surface area contributed by atoms with Crippen molar-refractivity contribution in [3.05, 3.63) is 53.9 Å². The van der Waals surface area contributed by atoms with Crippen LogP contribution in [0.2, 0.25) is 0 Å². The monoisotopic (exact) mass is 386 g/mol. The molecule has 0 aliphatic heterocycles. The van der Waals surface area contributed by atoms with Crippen molar-refractivity contribution in [1.29, 1.82) is 0 Å². The number of anilines is 1. The lowest BCUT2D eigenvalue weighted by Crippen LogP contribution is -2.32. The zero-order chi connectivity index (χ0) is 18.7. The fourth-order valence-corrected chi connectivity index (χ4v) is 3.78. The number of nitrogens with one attached hydrogen (secondary N) is 2. The molecule has 0 saturated carbocycles. The number of aromatic nitrogens is 2. The minimum Gasteiger partial charge on any atom is -0.356 e. The second-order valence-electron chi connectivity index (χ2n) is 5.90. The molecule has 2 heterocycles. The van der Waals surface area contributed by atoms with E-state index in [0.29, 0.717) is 10.7 Å². The molecule has 2 N–H and O–H groups in total. The number of nitrogens with zero attached hydrogens (tertiary/aromatic N) is 2. The number of rotatable bonds is 5. The fourth-order valence-electron chi connectivity index (χ4n) is 2.45. The van der Waals surface area contributed by atoms with Crippen molar-refractivity contribution in [2.75, 3.05) is 11.9 Å². The molecule has 1 unspecified atom stereocenters. The zero-order valence-corrected chi connectivity index (χ0v) is 16.4. The molecule has 3 aromatic rings. The summed E-state index contributed by atoms with van der Waals surface area (Å²) in [5, 5.41) is 5.84.